The van der Waals surface area contributed by atoms with Gasteiger partial charge in [0.05, 0.1) is 6.42 Å². The molecule has 14 heavy (non-hydrogen) atoms. The fraction of sp³-hybridized carbons (Fsp3) is 0.286. The third kappa shape index (κ3) is 5.95. The third-order valence-electron chi connectivity index (χ3n) is 1.02. The number of carbonyl (C=O) groups excluding carboxylic acids is 4. The number of rotatable bonds is 2. The molecule has 1 heterocycles. The molecule has 0 atom stereocenters. The highest BCUT2D eigenvalue weighted by Crippen LogP contribution is 1.86. The van der Waals surface area contributed by atoms with Crippen LogP contribution in [0.15, 0.2) is 0 Å². The third-order valence-corrected chi connectivity index (χ3v) is 1.22. The van der Waals surface area contributed by atoms with Crippen LogP contribution < -0.4 is 10.6 Å². The molecule has 0 bridgehead atoms. The number of hydrogen-bond donors (Lipinski definition) is 2. The Hall–Kier alpha value is -1.63. The molecule has 0 aliphatic carbocycles. The highest BCUT2D eigenvalue weighted by atomic mass is 32.1. The second kappa shape index (κ2) is 6.84. The molecule has 1 aliphatic rings. The van der Waals surface area contributed by atoms with Gasteiger partial charge in [-0.05, 0) is 12.2 Å². The second-order valence-corrected chi connectivity index (χ2v) is 2.58. The Balaban J connectivity index is 0.000000292. The van der Waals surface area contributed by atoms with Crippen LogP contribution in [0.25, 0.3) is 0 Å². The number of thiocarbonyl (C=S) groups is 1. The van der Waals surface area contributed by atoms with Crippen LogP contribution in [0.1, 0.15) is 12.8 Å². The first-order valence-corrected chi connectivity index (χ1v) is 4.02. The van der Waals surface area contributed by atoms with E-state index in [1.807, 2.05) is 0 Å². The zero-order chi connectivity index (χ0) is 11.0. The molecule has 1 rings (SSSR count). The lowest BCUT2D eigenvalue weighted by Gasteiger charge is -2.12. The molecule has 1 fully saturated rings. The molecule has 0 aromatic carbocycles. The molecule has 76 valence electrons. The van der Waals surface area contributed by atoms with Gasteiger partial charge in [-0.1, -0.05) is 0 Å². The van der Waals surface area contributed by atoms with Crippen molar-refractivity contribution in [1.29, 1.82) is 0 Å². The molecule has 0 aromatic rings. The minimum atomic E-state index is -0.344. The van der Waals surface area contributed by atoms with Crippen LogP contribution in [0, 0.1) is 0 Å². The highest BCUT2D eigenvalue weighted by molar-refractivity contribution is 7.80. The Bertz CT molecular complexity index is 226. The Morgan fingerprint density at radius 3 is 1.79 bits per heavy atom. The summed E-state index contributed by atoms with van der Waals surface area (Å²) in [5.74, 6) is -0.687. The predicted molar refractivity (Wildman–Crippen MR) is 50.2 cm³/mol. The van der Waals surface area contributed by atoms with Gasteiger partial charge in [-0.25, -0.2) is 0 Å². The molecule has 0 radical (unpaired) electrons. The van der Waals surface area contributed by atoms with E-state index in [4.69, 9.17) is 0 Å². The molecule has 0 spiro atoms. The van der Waals surface area contributed by atoms with Crippen molar-refractivity contribution < 1.29 is 19.2 Å². The van der Waals surface area contributed by atoms with E-state index in [9.17, 15) is 19.2 Å². The van der Waals surface area contributed by atoms with Crippen LogP contribution in [0.3, 0.4) is 0 Å². The van der Waals surface area contributed by atoms with E-state index < -0.39 is 0 Å². The summed E-state index contributed by atoms with van der Waals surface area (Å²) in [6.45, 7) is 0. The lowest BCUT2D eigenvalue weighted by molar-refractivity contribution is -0.129. The maximum Gasteiger partial charge on any atom is 0.235 e. The Morgan fingerprint density at radius 1 is 1.14 bits per heavy atom. The quantitative estimate of drug-likeness (QED) is 0.339. The first-order valence-electron chi connectivity index (χ1n) is 3.61. The molecule has 6 nitrogen and oxygen atoms in total. The van der Waals surface area contributed by atoms with Crippen molar-refractivity contribution in [2.75, 3.05) is 0 Å². The maximum absolute atomic E-state index is 10.4. The van der Waals surface area contributed by atoms with E-state index in [2.05, 4.69) is 22.9 Å². The molecule has 0 saturated carbocycles. The number of hydrogen-bond acceptors (Lipinski definition) is 5. The summed E-state index contributed by atoms with van der Waals surface area (Å²) >= 11 is 4.50. The smallest absolute Gasteiger partial charge is 0.235 e. The largest absolute Gasteiger partial charge is 0.303 e. The average molecular weight is 216 g/mol. The van der Waals surface area contributed by atoms with E-state index in [0.717, 1.165) is 0 Å². The van der Waals surface area contributed by atoms with Crippen molar-refractivity contribution in [2.45, 2.75) is 12.8 Å². The van der Waals surface area contributed by atoms with Gasteiger partial charge in [-0.2, -0.15) is 0 Å². The first kappa shape index (κ1) is 12.4. The summed E-state index contributed by atoms with van der Waals surface area (Å²) < 4.78 is 0. The molecular weight excluding hydrogens is 208 g/mol. The molecular formula is C7H8N2O4S. The molecule has 1 saturated heterocycles. The Labute approximate surface area is 85.0 Å². The monoisotopic (exact) mass is 216 g/mol. The van der Waals surface area contributed by atoms with Crippen LogP contribution in [0.5, 0.6) is 0 Å². The van der Waals surface area contributed by atoms with Crippen LogP contribution in [-0.2, 0) is 19.2 Å². The van der Waals surface area contributed by atoms with Crippen molar-refractivity contribution in [3.05, 3.63) is 0 Å². The minimum Gasteiger partial charge on any atom is -0.303 e. The molecule has 7 heteroatoms. The molecule has 0 aromatic heterocycles. The first-order chi connectivity index (χ1) is 6.60. The van der Waals surface area contributed by atoms with E-state index in [1.165, 1.54) is 0 Å². The van der Waals surface area contributed by atoms with Crippen molar-refractivity contribution in [2.24, 2.45) is 0 Å². The number of nitrogens with one attached hydrogen (secondary N) is 2. The van der Waals surface area contributed by atoms with E-state index >= 15 is 0 Å². The van der Waals surface area contributed by atoms with E-state index in [1.54, 1.807) is 0 Å². The lowest BCUT2D eigenvalue weighted by Crippen LogP contribution is -2.49. The lowest BCUT2D eigenvalue weighted by atomic mass is 10.3. The van der Waals surface area contributed by atoms with Gasteiger partial charge >= 0.3 is 0 Å². The molecule has 2 N–H and O–H groups in total. The number of amides is 2. The van der Waals surface area contributed by atoms with Gasteiger partial charge in [0.1, 0.15) is 19.0 Å². The van der Waals surface area contributed by atoms with Gasteiger partial charge < -0.3 is 20.2 Å². The van der Waals surface area contributed by atoms with Crippen LogP contribution in [0.2, 0.25) is 0 Å². The van der Waals surface area contributed by atoms with Crippen LogP contribution in [-0.4, -0.2) is 29.5 Å². The summed E-state index contributed by atoms with van der Waals surface area (Å²) in [4.78, 5) is 39.2. The standard InChI is InChI=1S/C4H4N2O2S.C3H4O2/c7-2-1-3(8)6-4(9)5-2;4-2-1-3-5/h1H2,(H2,5,6,7,8,9);2-3H,1H2. The van der Waals surface area contributed by atoms with Crippen molar-refractivity contribution in [1.82, 2.24) is 10.6 Å². The summed E-state index contributed by atoms with van der Waals surface area (Å²) in [6.07, 6.45) is 1.03. The average Bonchev–Trinajstić information content (AvgIpc) is 2.03. The highest BCUT2D eigenvalue weighted by Gasteiger charge is 2.17. The van der Waals surface area contributed by atoms with Crippen molar-refractivity contribution in [3.8, 4) is 0 Å². The zero-order valence-electron chi connectivity index (χ0n) is 7.11. The van der Waals surface area contributed by atoms with Crippen molar-refractivity contribution >= 4 is 41.7 Å². The van der Waals surface area contributed by atoms with Gasteiger partial charge in [-0.3, -0.25) is 9.59 Å². The summed E-state index contributed by atoms with van der Waals surface area (Å²) in [5, 5.41) is 4.63. The SMILES string of the molecule is O=C1CC(=O)NC(=S)N1.O=CCC=O. The van der Waals surface area contributed by atoms with Gasteiger partial charge in [-0.15, -0.1) is 0 Å². The zero-order valence-corrected chi connectivity index (χ0v) is 7.93. The summed E-state index contributed by atoms with van der Waals surface area (Å²) in [6, 6.07) is 0. The normalized spacial score (nSPS) is 14.4. The van der Waals surface area contributed by atoms with E-state index in [-0.39, 0.29) is 29.8 Å². The number of aldehydes is 2. The van der Waals surface area contributed by atoms with Gasteiger partial charge in [0, 0.05) is 0 Å². The second-order valence-electron chi connectivity index (χ2n) is 2.17. The van der Waals surface area contributed by atoms with Crippen LogP contribution >= 0.6 is 12.2 Å². The van der Waals surface area contributed by atoms with Gasteiger partial charge in [0.15, 0.2) is 5.11 Å². The van der Waals surface area contributed by atoms with Crippen LogP contribution in [0.4, 0.5) is 0 Å². The molecule has 0 unspecified atom stereocenters. The molecule has 2 amide bonds. The Morgan fingerprint density at radius 2 is 1.57 bits per heavy atom. The molecule has 1 aliphatic heterocycles. The van der Waals surface area contributed by atoms with Gasteiger partial charge in [0.25, 0.3) is 0 Å². The van der Waals surface area contributed by atoms with Gasteiger partial charge in [0.2, 0.25) is 11.8 Å². The summed E-state index contributed by atoms with van der Waals surface area (Å²) in [5.41, 5.74) is 0. The van der Waals surface area contributed by atoms with E-state index in [0.29, 0.717) is 12.6 Å². The maximum atomic E-state index is 10.4. The van der Waals surface area contributed by atoms with Crippen molar-refractivity contribution in [3.63, 3.8) is 0 Å². The fourth-order valence-corrected chi connectivity index (χ4v) is 0.786. The number of carbonyl (C=O) groups is 4. The topological polar surface area (TPSA) is 92.3 Å². The minimum absolute atomic E-state index is 0.0278. The Kier molecular flexibility index (Phi) is 6.04. The predicted octanol–water partition coefficient (Wildman–Crippen LogP) is -1.32. The summed E-state index contributed by atoms with van der Waals surface area (Å²) in [7, 11) is 0. The fourth-order valence-electron chi connectivity index (χ4n) is 0.558.